The second-order valence-electron chi connectivity index (χ2n) is 20.8. The van der Waals surface area contributed by atoms with Crippen LogP contribution in [-0.4, -0.2) is 74.8 Å². The number of nitrogens with zero attached hydrogens (tertiary/aromatic N) is 4. The minimum Gasteiger partial charge on any atom is -0.448 e. The zero-order valence-electron chi connectivity index (χ0n) is 46.3. The molecule has 4 heterocycles. The maximum Gasteiger partial charge on any atom is 0.411 e. The van der Waals surface area contributed by atoms with Gasteiger partial charge in [-0.25, -0.2) is 14.6 Å². The molecule has 3 unspecified atom stereocenters. The summed E-state index contributed by atoms with van der Waals surface area (Å²) in [6, 6.07) is 78.8. The number of rotatable bonds is 19. The molecule has 424 valence electrons. The van der Waals surface area contributed by atoms with Crippen molar-refractivity contribution in [1.29, 1.82) is 0 Å². The van der Waals surface area contributed by atoms with Crippen molar-refractivity contribution in [3.8, 4) is 0 Å². The Morgan fingerprint density at radius 3 is 1.59 bits per heavy atom. The van der Waals surface area contributed by atoms with Gasteiger partial charge in [0.2, 0.25) is 11.5 Å². The van der Waals surface area contributed by atoms with Gasteiger partial charge in [-0.05, 0) is 53.2 Å². The first-order valence-electron chi connectivity index (χ1n) is 28.3. The molecule has 3 amide bonds. The fraction of sp³-hybridized carbons (Fsp3) is 0.171. The van der Waals surface area contributed by atoms with Crippen LogP contribution < -0.4 is 10.6 Å². The minimum absolute atomic E-state index is 0.129. The van der Waals surface area contributed by atoms with E-state index in [1.165, 1.54) is 32.9 Å². The van der Waals surface area contributed by atoms with E-state index in [4.69, 9.17) is 24.5 Å². The van der Waals surface area contributed by atoms with Crippen LogP contribution in [0.25, 0.3) is 0 Å². The molecule has 0 aliphatic carbocycles. The monoisotopic (exact) mass is 1160 g/mol. The number of amides is 3. The molecule has 9 aromatic rings. The predicted octanol–water partition coefficient (Wildman–Crippen LogP) is 13.1. The number of ether oxygens (including phenoxy) is 2. The van der Waals surface area contributed by atoms with Crippen LogP contribution >= 0.6 is 23.1 Å². The molecule has 3 aliphatic heterocycles. The summed E-state index contributed by atoms with van der Waals surface area (Å²) in [7, 11) is 0. The van der Waals surface area contributed by atoms with Crippen LogP contribution in [0.4, 0.5) is 9.93 Å². The number of carbonyl (C=O) groups excluding carboxylic acids is 4. The maximum absolute atomic E-state index is 15.4. The van der Waals surface area contributed by atoms with Gasteiger partial charge < -0.3 is 24.9 Å². The highest BCUT2D eigenvalue weighted by molar-refractivity contribution is 8.00. The largest absolute Gasteiger partial charge is 0.448 e. The Balaban J connectivity index is 0.832. The Morgan fingerprint density at radius 1 is 0.624 bits per heavy atom. The number of oxime groups is 1. The Kier molecular flexibility index (Phi) is 16.8. The van der Waals surface area contributed by atoms with Crippen molar-refractivity contribution in [2.24, 2.45) is 11.1 Å². The average molecular weight is 1160 g/mol. The standard InChI is InChI=1S/C70H60N6O7S2/c77-63(72-60-43-25-26-45-75(60)68(80)81-47-57-64(78)76-59(44-46-84-65(57)76)66(79)82-62(49-27-9-1-10-28-49)50-29-11-2-12-30-50)61(74-83-70(54-37-19-6-20-38-54,55-39-21-7-22-40-55)56-41-23-8-24-42-56)58-48-85-67(71-58)73-69(51-31-13-3-14-32-51,52-33-15-4-16-34-52)53-35-17-5-18-36-53/h1-24,27-42,44,48,57,60,62,65H,25-26,43,45-47H2,(H,71,73)(H,72,77)/b74-61-. The molecule has 12 rings (SSSR count). The van der Waals surface area contributed by atoms with Crippen molar-refractivity contribution >= 4 is 57.8 Å². The van der Waals surface area contributed by atoms with Gasteiger partial charge in [-0.2, -0.15) is 0 Å². The maximum atomic E-state index is 15.4. The number of β-lactam (4-membered cyclic amide) rings is 1. The number of hydrogen-bond acceptors (Lipinski definition) is 12. The van der Waals surface area contributed by atoms with E-state index < -0.39 is 52.7 Å². The lowest BCUT2D eigenvalue weighted by atomic mass is 9.77. The van der Waals surface area contributed by atoms with Gasteiger partial charge in [-0.1, -0.05) is 248 Å². The summed E-state index contributed by atoms with van der Waals surface area (Å²) in [6.07, 6.45) is 1.27. The van der Waals surface area contributed by atoms with E-state index in [0.717, 1.165) is 44.5 Å². The van der Waals surface area contributed by atoms with Crippen molar-refractivity contribution < 1.29 is 33.5 Å². The molecule has 15 heteroatoms. The highest BCUT2D eigenvalue weighted by Gasteiger charge is 2.53. The SMILES string of the molecule is O=C(OC(c1ccccc1)c1ccccc1)C1=CCSC2C(COC(=O)N3CCCCC3NC(=O)/C(=N\OC(c3ccccc3)(c3ccccc3)c3ccccc3)c3csc(NC(c4ccccc4)(c4ccccc4)c4ccccc4)n3)C(=O)N12. The lowest BCUT2D eigenvalue weighted by Crippen LogP contribution is -2.62. The molecular weight excluding hydrogens is 1100 g/mol. The summed E-state index contributed by atoms with van der Waals surface area (Å²) < 4.78 is 12.2. The second-order valence-corrected chi connectivity index (χ2v) is 22.8. The third-order valence-corrected chi connectivity index (χ3v) is 17.7. The Hall–Kier alpha value is -9.57. The molecule has 2 N–H and O–H groups in total. The van der Waals surface area contributed by atoms with Crippen molar-refractivity contribution in [2.75, 3.05) is 24.2 Å². The average Bonchev–Trinajstić information content (AvgIpc) is 1.94. The van der Waals surface area contributed by atoms with Crippen LogP contribution in [0.5, 0.6) is 0 Å². The van der Waals surface area contributed by atoms with Gasteiger partial charge in [-0.15, -0.1) is 23.1 Å². The van der Waals surface area contributed by atoms with Crippen LogP contribution in [0.2, 0.25) is 0 Å². The number of aromatic nitrogens is 1. The number of esters is 1. The smallest absolute Gasteiger partial charge is 0.411 e. The number of thioether (sulfide) groups is 1. The van der Waals surface area contributed by atoms with E-state index in [9.17, 15) is 14.4 Å². The molecular formula is C70H60N6O7S2. The highest BCUT2D eigenvalue weighted by Crippen LogP contribution is 2.45. The Labute approximate surface area is 502 Å². The number of benzene rings is 8. The zero-order chi connectivity index (χ0) is 58.0. The zero-order valence-corrected chi connectivity index (χ0v) is 47.9. The van der Waals surface area contributed by atoms with E-state index in [1.807, 2.05) is 206 Å². The number of likely N-dealkylation sites (tertiary alicyclic amines) is 1. The lowest BCUT2D eigenvalue weighted by Gasteiger charge is -2.48. The quantitative estimate of drug-likeness (QED) is 0.0263. The number of anilines is 1. The highest BCUT2D eigenvalue weighted by atomic mass is 32.2. The summed E-state index contributed by atoms with van der Waals surface area (Å²) in [5.74, 6) is -1.87. The number of piperidine rings is 1. The topological polar surface area (TPSA) is 152 Å². The van der Waals surface area contributed by atoms with Crippen molar-refractivity contribution in [1.82, 2.24) is 20.1 Å². The molecule has 0 radical (unpaired) electrons. The van der Waals surface area contributed by atoms with Gasteiger partial charge in [0, 0.05) is 34.4 Å². The molecule has 2 saturated heterocycles. The second kappa shape index (κ2) is 25.5. The normalized spacial score (nSPS) is 17.0. The number of fused-ring (bicyclic) bond motifs is 1. The fourth-order valence-corrected chi connectivity index (χ4v) is 13.5. The van der Waals surface area contributed by atoms with Crippen LogP contribution in [0, 0.1) is 5.92 Å². The molecule has 2 fully saturated rings. The summed E-state index contributed by atoms with van der Waals surface area (Å²) >= 11 is 2.80. The fourth-order valence-electron chi connectivity index (χ4n) is 11.5. The van der Waals surface area contributed by atoms with Gasteiger partial charge >= 0.3 is 12.1 Å². The molecule has 85 heavy (non-hydrogen) atoms. The van der Waals surface area contributed by atoms with E-state index in [0.29, 0.717) is 30.1 Å². The summed E-state index contributed by atoms with van der Waals surface area (Å²) in [5.41, 5.74) is 4.77. The third-order valence-electron chi connectivity index (χ3n) is 15.7. The van der Waals surface area contributed by atoms with Gasteiger partial charge in [0.1, 0.15) is 35.6 Å². The number of hydrogen-bond donors (Lipinski definition) is 2. The third kappa shape index (κ3) is 11.5. The first kappa shape index (κ1) is 55.9. The van der Waals surface area contributed by atoms with E-state index in [-0.39, 0.29) is 36.2 Å². The van der Waals surface area contributed by atoms with Gasteiger partial charge in [0.15, 0.2) is 16.9 Å². The molecule has 3 atom stereocenters. The van der Waals surface area contributed by atoms with Crippen molar-refractivity contribution in [3.63, 3.8) is 0 Å². The van der Waals surface area contributed by atoms with Gasteiger partial charge in [-0.3, -0.25) is 19.4 Å². The van der Waals surface area contributed by atoms with Crippen LogP contribution in [0.15, 0.2) is 265 Å². The molecule has 0 spiro atoms. The molecule has 0 saturated carbocycles. The molecule has 8 aromatic carbocycles. The van der Waals surface area contributed by atoms with Crippen molar-refractivity contribution in [3.05, 3.63) is 310 Å². The minimum atomic E-state index is -1.36. The Morgan fingerprint density at radius 2 is 1.09 bits per heavy atom. The first-order chi connectivity index (χ1) is 41.8. The lowest BCUT2D eigenvalue weighted by molar-refractivity contribution is -0.157. The van der Waals surface area contributed by atoms with Gasteiger partial charge in [0.05, 0.1) is 5.37 Å². The molecule has 13 nitrogen and oxygen atoms in total. The first-order valence-corrected chi connectivity index (χ1v) is 30.3. The van der Waals surface area contributed by atoms with E-state index >= 15 is 4.79 Å². The predicted molar refractivity (Wildman–Crippen MR) is 331 cm³/mol. The number of thiazole rings is 1. The molecule has 0 bridgehead atoms. The van der Waals surface area contributed by atoms with E-state index in [2.05, 4.69) is 47.0 Å². The van der Waals surface area contributed by atoms with Crippen LogP contribution in [0.3, 0.4) is 0 Å². The van der Waals surface area contributed by atoms with Crippen LogP contribution in [0.1, 0.15) is 75.6 Å². The Bertz CT molecular complexity index is 3570. The van der Waals surface area contributed by atoms with E-state index in [1.54, 1.807) is 11.5 Å². The summed E-state index contributed by atoms with van der Waals surface area (Å²) in [4.78, 5) is 73.0. The molecule has 3 aliphatic rings. The van der Waals surface area contributed by atoms with Gasteiger partial charge in [0.25, 0.3) is 5.91 Å². The van der Waals surface area contributed by atoms with Crippen LogP contribution in [-0.2, 0) is 39.8 Å². The molecule has 1 aromatic heterocycles. The number of nitrogens with one attached hydrogen (secondary N) is 2. The summed E-state index contributed by atoms with van der Waals surface area (Å²) in [5, 5.41) is 13.7. The number of carbonyl (C=O) groups is 4. The van der Waals surface area contributed by atoms with Crippen molar-refractivity contribution in [2.45, 2.75) is 48.0 Å². The summed E-state index contributed by atoms with van der Waals surface area (Å²) in [6.45, 7) is 0.0525.